The van der Waals surface area contributed by atoms with Crippen molar-refractivity contribution in [2.45, 2.75) is 17.5 Å². The summed E-state index contributed by atoms with van der Waals surface area (Å²) >= 11 is 8.98. The van der Waals surface area contributed by atoms with E-state index in [0.29, 0.717) is 12.3 Å². The number of ether oxygens (including phenoxy) is 1. The van der Waals surface area contributed by atoms with Crippen LogP contribution in [-0.4, -0.2) is 28.6 Å². The number of methoxy groups -OCH3 is 1. The van der Waals surface area contributed by atoms with E-state index in [-0.39, 0.29) is 0 Å². The van der Waals surface area contributed by atoms with Gasteiger partial charge in [0.05, 0.1) is 29.7 Å². The van der Waals surface area contributed by atoms with Gasteiger partial charge in [-0.2, -0.15) is 0 Å². The quantitative estimate of drug-likeness (QED) is 0.295. The molecule has 1 N–H and O–H groups in total. The molecule has 3 nitrogen and oxygen atoms in total. The highest BCUT2D eigenvalue weighted by Crippen LogP contribution is 2.38. The Morgan fingerprint density at radius 1 is 1.00 bits per heavy atom. The molecule has 4 aromatic rings. The molecule has 0 aliphatic rings. The van der Waals surface area contributed by atoms with Crippen LogP contribution in [0.4, 0.5) is 0 Å². The zero-order valence-electron chi connectivity index (χ0n) is 15.2. The lowest BCUT2D eigenvalue weighted by Gasteiger charge is -2.15. The number of hydrogen-bond donors (Lipinski definition) is 1. The Labute approximate surface area is 184 Å². The zero-order valence-corrected chi connectivity index (χ0v) is 19.2. The van der Waals surface area contributed by atoms with Crippen molar-refractivity contribution in [2.24, 2.45) is 0 Å². The van der Waals surface area contributed by atoms with Crippen LogP contribution in [0.15, 0.2) is 74.5 Å². The summed E-state index contributed by atoms with van der Waals surface area (Å²) in [5.41, 5.74) is 2.23. The van der Waals surface area contributed by atoms with Gasteiger partial charge >= 0.3 is 0 Å². The van der Waals surface area contributed by atoms with E-state index in [1.165, 1.54) is 10.8 Å². The third-order valence-electron chi connectivity index (χ3n) is 4.72. The van der Waals surface area contributed by atoms with Gasteiger partial charge in [-0.15, -0.1) is 11.8 Å². The Balaban J connectivity index is 1.61. The summed E-state index contributed by atoms with van der Waals surface area (Å²) in [4.78, 5) is 1.12. The molecule has 1 aromatic heterocycles. The Hall–Kier alpha value is -1.47. The summed E-state index contributed by atoms with van der Waals surface area (Å²) in [6, 6.07) is 20.4. The molecule has 0 spiro atoms. The van der Waals surface area contributed by atoms with E-state index >= 15 is 0 Å². The minimum Gasteiger partial charge on any atom is -0.497 e. The van der Waals surface area contributed by atoms with E-state index in [1.807, 2.05) is 30.3 Å². The van der Waals surface area contributed by atoms with Crippen molar-refractivity contribution in [3.05, 3.63) is 69.6 Å². The number of aromatic nitrogens is 1. The standard InChI is InChI=1S/C22H19Br2NO2S/c1-27-15-6-8-16(9-7-15)28-13-14(26)12-25-20-5-3-2-4-17(20)18-10-11-19(23)21(24)22(18)25/h2-11,14,26H,12-13H2,1H3. The molecule has 0 radical (unpaired) electrons. The molecule has 1 heterocycles. The summed E-state index contributed by atoms with van der Waals surface area (Å²) in [7, 11) is 1.66. The molecular formula is C22H19Br2NO2S. The lowest BCUT2D eigenvalue weighted by Crippen LogP contribution is -2.18. The normalized spacial score (nSPS) is 12.6. The van der Waals surface area contributed by atoms with Gasteiger partial charge < -0.3 is 14.4 Å². The van der Waals surface area contributed by atoms with E-state index in [0.717, 1.165) is 30.6 Å². The number of rotatable bonds is 6. The SMILES string of the molecule is COc1ccc(SCC(O)Cn2c3ccccc3c3ccc(Br)c(Br)c32)cc1. The monoisotopic (exact) mass is 519 g/mol. The molecular weight excluding hydrogens is 502 g/mol. The van der Waals surface area contributed by atoms with E-state index in [1.54, 1.807) is 18.9 Å². The fourth-order valence-electron chi connectivity index (χ4n) is 3.40. The first-order chi connectivity index (χ1) is 13.6. The van der Waals surface area contributed by atoms with Crippen molar-refractivity contribution in [3.63, 3.8) is 0 Å². The fourth-order valence-corrected chi connectivity index (χ4v) is 5.09. The fraction of sp³-hybridized carbons (Fsp3) is 0.182. The second-order valence-corrected chi connectivity index (χ2v) is 9.27. The van der Waals surface area contributed by atoms with Crippen LogP contribution < -0.4 is 4.74 Å². The number of para-hydroxylation sites is 1. The largest absolute Gasteiger partial charge is 0.497 e. The number of fused-ring (bicyclic) bond motifs is 3. The van der Waals surface area contributed by atoms with Gasteiger partial charge in [0.25, 0.3) is 0 Å². The van der Waals surface area contributed by atoms with Crippen LogP contribution in [0.1, 0.15) is 0 Å². The first-order valence-electron chi connectivity index (χ1n) is 8.88. The van der Waals surface area contributed by atoms with Crippen molar-refractivity contribution in [2.75, 3.05) is 12.9 Å². The van der Waals surface area contributed by atoms with Crippen LogP contribution in [0.3, 0.4) is 0 Å². The first-order valence-corrected chi connectivity index (χ1v) is 11.5. The van der Waals surface area contributed by atoms with Crippen molar-refractivity contribution in [3.8, 4) is 5.75 Å². The Morgan fingerprint density at radius 2 is 1.75 bits per heavy atom. The molecule has 0 saturated carbocycles. The molecule has 28 heavy (non-hydrogen) atoms. The zero-order chi connectivity index (χ0) is 19.7. The van der Waals surface area contributed by atoms with E-state index in [4.69, 9.17) is 4.74 Å². The van der Waals surface area contributed by atoms with Crippen molar-refractivity contribution >= 4 is 65.4 Å². The Kier molecular flexibility index (Phi) is 6.01. The number of halogens is 2. The molecule has 0 fully saturated rings. The number of aliphatic hydroxyl groups excluding tert-OH is 1. The molecule has 3 aromatic carbocycles. The highest BCUT2D eigenvalue weighted by Gasteiger charge is 2.17. The number of aliphatic hydroxyl groups is 1. The molecule has 1 unspecified atom stereocenters. The van der Waals surface area contributed by atoms with Crippen molar-refractivity contribution in [1.82, 2.24) is 4.57 Å². The van der Waals surface area contributed by atoms with Gasteiger partial charge in [0, 0.05) is 31.4 Å². The average molecular weight is 521 g/mol. The van der Waals surface area contributed by atoms with Crippen LogP contribution in [0, 0.1) is 0 Å². The molecule has 0 bridgehead atoms. The van der Waals surface area contributed by atoms with Gasteiger partial charge in [-0.1, -0.05) is 24.3 Å². The van der Waals surface area contributed by atoms with E-state index < -0.39 is 6.10 Å². The number of thioether (sulfide) groups is 1. The lowest BCUT2D eigenvalue weighted by molar-refractivity contribution is 0.181. The van der Waals surface area contributed by atoms with Crippen LogP contribution in [-0.2, 0) is 6.54 Å². The highest BCUT2D eigenvalue weighted by atomic mass is 79.9. The third kappa shape index (κ3) is 3.83. The number of nitrogens with zero attached hydrogens (tertiary/aromatic N) is 1. The van der Waals surface area contributed by atoms with Crippen molar-refractivity contribution < 1.29 is 9.84 Å². The number of benzene rings is 3. The second-order valence-electron chi connectivity index (χ2n) is 6.53. The van der Waals surface area contributed by atoms with Gasteiger partial charge in [-0.25, -0.2) is 0 Å². The topological polar surface area (TPSA) is 34.4 Å². The lowest BCUT2D eigenvalue weighted by atomic mass is 10.2. The van der Waals surface area contributed by atoms with Gasteiger partial charge in [-0.05, 0) is 68.3 Å². The molecule has 4 rings (SSSR count). The summed E-state index contributed by atoms with van der Waals surface area (Å²) in [6.45, 7) is 0.530. The maximum Gasteiger partial charge on any atom is 0.118 e. The maximum atomic E-state index is 10.8. The van der Waals surface area contributed by atoms with Crippen LogP contribution in [0.5, 0.6) is 5.75 Å². The van der Waals surface area contributed by atoms with Crippen molar-refractivity contribution in [1.29, 1.82) is 0 Å². The maximum absolute atomic E-state index is 10.8. The average Bonchev–Trinajstić information content (AvgIpc) is 3.04. The van der Waals surface area contributed by atoms with E-state index in [2.05, 4.69) is 66.8 Å². The van der Waals surface area contributed by atoms with Gasteiger partial charge in [0.1, 0.15) is 5.75 Å². The Morgan fingerprint density at radius 3 is 2.50 bits per heavy atom. The molecule has 0 saturated heterocycles. The minimum atomic E-state index is -0.475. The molecule has 0 aliphatic carbocycles. The molecule has 0 aliphatic heterocycles. The minimum absolute atomic E-state index is 0.475. The second kappa shape index (κ2) is 8.49. The van der Waals surface area contributed by atoms with Crippen LogP contribution in [0.2, 0.25) is 0 Å². The summed E-state index contributed by atoms with van der Waals surface area (Å²) in [5.74, 6) is 1.46. The Bertz CT molecular complexity index is 1130. The van der Waals surface area contributed by atoms with E-state index in [9.17, 15) is 5.11 Å². The molecule has 0 amide bonds. The third-order valence-corrected chi connectivity index (χ3v) is 7.87. The predicted molar refractivity (Wildman–Crippen MR) is 125 cm³/mol. The molecule has 1 atom stereocenters. The van der Waals surface area contributed by atoms with Crippen LogP contribution in [0.25, 0.3) is 21.8 Å². The summed E-state index contributed by atoms with van der Waals surface area (Å²) < 4.78 is 9.42. The highest BCUT2D eigenvalue weighted by molar-refractivity contribution is 9.13. The molecule has 144 valence electrons. The first kappa shape index (κ1) is 19.8. The summed E-state index contributed by atoms with van der Waals surface area (Å²) in [6.07, 6.45) is -0.475. The van der Waals surface area contributed by atoms with Gasteiger partial charge in [0.2, 0.25) is 0 Å². The van der Waals surface area contributed by atoms with Gasteiger partial charge in [0.15, 0.2) is 0 Å². The predicted octanol–water partition coefficient (Wildman–Crippen LogP) is 6.48. The molecule has 6 heteroatoms. The summed E-state index contributed by atoms with van der Waals surface area (Å²) in [5, 5.41) is 13.1. The smallest absolute Gasteiger partial charge is 0.118 e. The van der Waals surface area contributed by atoms with Gasteiger partial charge in [-0.3, -0.25) is 0 Å². The number of hydrogen-bond acceptors (Lipinski definition) is 3. The van der Waals surface area contributed by atoms with Crippen LogP contribution >= 0.6 is 43.6 Å².